The minimum Gasteiger partial charge on any atom is -0.370 e. The van der Waals surface area contributed by atoms with Gasteiger partial charge >= 0.3 is 6.03 Å². The number of para-hydroxylation sites is 2. The molecule has 0 bridgehead atoms. The number of benzene rings is 2. The fourth-order valence-electron chi connectivity index (χ4n) is 3.35. The fraction of sp³-hybridized carbons (Fsp3) is 0.300. The topological polar surface area (TPSA) is 87.5 Å². The Bertz CT molecular complexity index is 821. The van der Waals surface area contributed by atoms with Crippen LogP contribution in [0.2, 0.25) is 0 Å². The van der Waals surface area contributed by atoms with Crippen molar-refractivity contribution >= 4 is 39.2 Å². The van der Waals surface area contributed by atoms with Gasteiger partial charge in [-0.05, 0) is 42.7 Å². The highest BCUT2D eigenvalue weighted by atomic mass is 79.9. The zero-order valence-electron chi connectivity index (χ0n) is 15.0. The van der Waals surface area contributed by atoms with Gasteiger partial charge in [-0.1, -0.05) is 40.2 Å². The van der Waals surface area contributed by atoms with Crippen molar-refractivity contribution in [1.29, 1.82) is 0 Å². The predicted octanol–water partition coefficient (Wildman–Crippen LogP) is 3.79. The van der Waals surface area contributed by atoms with Crippen molar-refractivity contribution in [3.05, 3.63) is 58.6 Å². The molecule has 142 valence electrons. The van der Waals surface area contributed by atoms with Gasteiger partial charge in [0.1, 0.15) is 0 Å². The third-order valence-corrected chi connectivity index (χ3v) is 5.08. The van der Waals surface area contributed by atoms with E-state index in [1.165, 1.54) is 0 Å². The van der Waals surface area contributed by atoms with Crippen LogP contribution in [-0.2, 0) is 4.79 Å². The normalized spacial score (nSPS) is 14.6. The van der Waals surface area contributed by atoms with E-state index in [9.17, 15) is 9.59 Å². The molecule has 1 heterocycles. The van der Waals surface area contributed by atoms with Crippen molar-refractivity contribution in [3.63, 3.8) is 0 Å². The third kappa shape index (κ3) is 5.23. The third-order valence-electron chi connectivity index (χ3n) is 4.58. The summed E-state index contributed by atoms with van der Waals surface area (Å²) in [5.74, 6) is -0.180. The molecule has 1 aliphatic rings. The van der Waals surface area contributed by atoms with E-state index in [4.69, 9.17) is 5.73 Å². The van der Waals surface area contributed by atoms with Gasteiger partial charge in [-0.25, -0.2) is 4.79 Å². The van der Waals surface area contributed by atoms with Crippen LogP contribution in [0.5, 0.6) is 0 Å². The number of primary amides is 1. The number of halogens is 1. The summed E-state index contributed by atoms with van der Waals surface area (Å²) in [7, 11) is 0. The minimum absolute atomic E-state index is 0.0910. The number of urea groups is 1. The second-order valence-corrected chi connectivity index (χ2v) is 7.50. The molecule has 6 nitrogen and oxygen atoms in total. The van der Waals surface area contributed by atoms with E-state index in [2.05, 4.69) is 31.5 Å². The van der Waals surface area contributed by atoms with Crippen LogP contribution in [0.4, 0.5) is 16.2 Å². The van der Waals surface area contributed by atoms with Crippen LogP contribution in [0.15, 0.2) is 53.0 Å². The molecule has 1 unspecified atom stereocenters. The zero-order valence-corrected chi connectivity index (χ0v) is 16.5. The van der Waals surface area contributed by atoms with E-state index >= 15 is 0 Å². The fourth-order valence-corrected chi connectivity index (χ4v) is 3.76. The Hall–Kier alpha value is -2.54. The summed E-state index contributed by atoms with van der Waals surface area (Å²) < 4.78 is 0.871. The molecule has 0 aliphatic carbocycles. The van der Waals surface area contributed by atoms with E-state index < -0.39 is 12.1 Å². The van der Waals surface area contributed by atoms with Crippen molar-refractivity contribution in [3.8, 4) is 0 Å². The summed E-state index contributed by atoms with van der Waals surface area (Å²) in [4.78, 5) is 26.4. The maximum atomic E-state index is 12.7. The molecule has 1 fully saturated rings. The van der Waals surface area contributed by atoms with Gasteiger partial charge in [0.05, 0.1) is 23.8 Å². The molecule has 1 atom stereocenters. The van der Waals surface area contributed by atoms with Gasteiger partial charge in [-0.2, -0.15) is 0 Å². The van der Waals surface area contributed by atoms with Gasteiger partial charge in [0.15, 0.2) is 0 Å². The number of hydrogen-bond donors (Lipinski definition) is 3. The number of nitrogens with one attached hydrogen (secondary N) is 2. The maximum Gasteiger partial charge on any atom is 0.312 e. The molecule has 3 amide bonds. The van der Waals surface area contributed by atoms with E-state index in [-0.39, 0.29) is 12.3 Å². The van der Waals surface area contributed by atoms with Crippen LogP contribution < -0.4 is 21.3 Å². The lowest BCUT2D eigenvalue weighted by atomic mass is 10.0. The largest absolute Gasteiger partial charge is 0.370 e. The average Bonchev–Trinajstić information content (AvgIpc) is 3.15. The molecule has 2 aromatic rings. The maximum absolute atomic E-state index is 12.7. The molecule has 1 aliphatic heterocycles. The molecule has 3 rings (SSSR count). The summed E-state index contributed by atoms with van der Waals surface area (Å²) in [5, 5.41) is 5.65. The molecule has 7 heteroatoms. The zero-order chi connectivity index (χ0) is 19.2. The number of carbonyl (C=O) groups is 2. The summed E-state index contributed by atoms with van der Waals surface area (Å²) in [5.41, 5.74) is 7.94. The molecule has 0 aromatic heterocycles. The average molecular weight is 431 g/mol. The van der Waals surface area contributed by atoms with Crippen LogP contribution in [0.25, 0.3) is 0 Å². The highest BCUT2D eigenvalue weighted by molar-refractivity contribution is 9.10. The number of amides is 3. The van der Waals surface area contributed by atoms with Crippen molar-refractivity contribution in [2.24, 2.45) is 5.73 Å². The standard InChI is InChI=1S/C20H23BrN4O2/c21-15-7-5-6-14(12-15)17(24-20(22)27)13-19(26)23-16-8-1-2-9-18(16)25-10-3-4-11-25/h1-2,5-9,12,17H,3-4,10-11,13H2,(H,23,26)(H3,22,24,27). The van der Waals surface area contributed by atoms with Gasteiger partial charge < -0.3 is 21.3 Å². The van der Waals surface area contributed by atoms with Gasteiger partial charge in [-0.15, -0.1) is 0 Å². The Balaban J connectivity index is 1.74. The van der Waals surface area contributed by atoms with E-state index in [0.29, 0.717) is 0 Å². The molecular formula is C20H23BrN4O2. The van der Waals surface area contributed by atoms with Crippen LogP contribution in [-0.4, -0.2) is 25.0 Å². The highest BCUT2D eigenvalue weighted by Gasteiger charge is 2.20. The van der Waals surface area contributed by atoms with E-state index in [1.807, 2.05) is 48.5 Å². The Morgan fingerprint density at radius 1 is 1.11 bits per heavy atom. The molecule has 4 N–H and O–H groups in total. The van der Waals surface area contributed by atoms with Crippen LogP contribution >= 0.6 is 15.9 Å². The van der Waals surface area contributed by atoms with Crippen LogP contribution in [0.3, 0.4) is 0 Å². The second-order valence-electron chi connectivity index (χ2n) is 6.58. The Morgan fingerprint density at radius 2 is 1.85 bits per heavy atom. The van der Waals surface area contributed by atoms with Crippen molar-refractivity contribution in [2.75, 3.05) is 23.3 Å². The predicted molar refractivity (Wildman–Crippen MR) is 111 cm³/mol. The first-order valence-electron chi connectivity index (χ1n) is 8.98. The monoisotopic (exact) mass is 430 g/mol. The molecule has 0 radical (unpaired) electrons. The number of carbonyl (C=O) groups excluding carboxylic acids is 2. The quantitative estimate of drug-likeness (QED) is 0.651. The van der Waals surface area contributed by atoms with Gasteiger partial charge in [0.2, 0.25) is 5.91 Å². The first-order chi connectivity index (χ1) is 13.0. The van der Waals surface area contributed by atoms with Crippen molar-refractivity contribution in [1.82, 2.24) is 5.32 Å². The molecule has 27 heavy (non-hydrogen) atoms. The molecule has 0 spiro atoms. The first kappa shape index (κ1) is 19.2. The number of nitrogens with zero attached hydrogens (tertiary/aromatic N) is 1. The lowest BCUT2D eigenvalue weighted by Gasteiger charge is -2.22. The van der Waals surface area contributed by atoms with Gasteiger partial charge in [0, 0.05) is 17.6 Å². The van der Waals surface area contributed by atoms with E-state index in [1.54, 1.807) is 0 Å². The van der Waals surface area contributed by atoms with E-state index in [0.717, 1.165) is 47.3 Å². The summed E-state index contributed by atoms with van der Waals surface area (Å²) in [6.45, 7) is 1.99. The summed E-state index contributed by atoms with van der Waals surface area (Å²) in [6.07, 6.45) is 2.42. The lowest BCUT2D eigenvalue weighted by molar-refractivity contribution is -0.116. The molecule has 1 saturated heterocycles. The van der Waals surface area contributed by atoms with Gasteiger partial charge in [-0.3, -0.25) is 4.79 Å². The number of rotatable bonds is 6. The molecule has 2 aromatic carbocycles. The SMILES string of the molecule is NC(=O)NC(CC(=O)Nc1ccccc1N1CCCC1)c1cccc(Br)c1. The Labute approximate surface area is 167 Å². The van der Waals surface area contributed by atoms with Crippen molar-refractivity contribution < 1.29 is 9.59 Å². The second kappa shape index (κ2) is 8.90. The molecular weight excluding hydrogens is 408 g/mol. The summed E-state index contributed by atoms with van der Waals surface area (Å²) in [6, 6.07) is 14.1. The molecule has 0 saturated carbocycles. The minimum atomic E-state index is -0.662. The number of hydrogen-bond acceptors (Lipinski definition) is 3. The first-order valence-corrected chi connectivity index (χ1v) is 9.77. The number of anilines is 2. The Morgan fingerprint density at radius 3 is 2.56 bits per heavy atom. The van der Waals surface area contributed by atoms with Crippen molar-refractivity contribution in [2.45, 2.75) is 25.3 Å². The van der Waals surface area contributed by atoms with Crippen LogP contribution in [0, 0.1) is 0 Å². The number of nitrogens with two attached hydrogens (primary N) is 1. The summed E-state index contributed by atoms with van der Waals surface area (Å²) >= 11 is 3.41. The smallest absolute Gasteiger partial charge is 0.312 e. The Kier molecular flexibility index (Phi) is 6.34. The van der Waals surface area contributed by atoms with Crippen LogP contribution in [0.1, 0.15) is 30.9 Å². The highest BCUT2D eigenvalue weighted by Crippen LogP contribution is 2.29. The van der Waals surface area contributed by atoms with Gasteiger partial charge in [0.25, 0.3) is 0 Å². The lowest BCUT2D eigenvalue weighted by Crippen LogP contribution is -2.35.